The number of benzene rings is 1. The van der Waals surface area contributed by atoms with Crippen LogP contribution in [0.2, 0.25) is 0 Å². The van der Waals surface area contributed by atoms with Crippen LogP contribution in [0.3, 0.4) is 0 Å². The minimum atomic E-state index is -0.249. The first-order valence-corrected chi connectivity index (χ1v) is 8.70. The SMILES string of the molecule is CCCSc1nc2c(c(=O)[nH]1)[C@H](c1ccc(C)cc1)CC(=O)N2. The van der Waals surface area contributed by atoms with E-state index in [0.29, 0.717) is 16.5 Å². The van der Waals surface area contributed by atoms with Crippen molar-refractivity contribution in [2.75, 3.05) is 11.1 Å². The fourth-order valence-corrected chi connectivity index (χ4v) is 3.42. The van der Waals surface area contributed by atoms with Gasteiger partial charge in [-0.15, -0.1) is 0 Å². The Labute approximate surface area is 138 Å². The number of aromatic amines is 1. The van der Waals surface area contributed by atoms with Crippen molar-refractivity contribution in [3.05, 3.63) is 51.3 Å². The van der Waals surface area contributed by atoms with Gasteiger partial charge in [0.05, 0.1) is 5.56 Å². The lowest BCUT2D eigenvalue weighted by molar-refractivity contribution is -0.116. The first kappa shape index (κ1) is 15.8. The van der Waals surface area contributed by atoms with Crippen LogP contribution in [0.5, 0.6) is 0 Å². The lowest BCUT2D eigenvalue weighted by Gasteiger charge is -2.24. The van der Waals surface area contributed by atoms with E-state index in [4.69, 9.17) is 0 Å². The maximum Gasteiger partial charge on any atom is 0.257 e. The zero-order valence-electron chi connectivity index (χ0n) is 13.2. The van der Waals surface area contributed by atoms with E-state index in [1.807, 2.05) is 31.2 Å². The summed E-state index contributed by atoms with van der Waals surface area (Å²) in [5.41, 5.74) is 2.49. The molecule has 120 valence electrons. The summed E-state index contributed by atoms with van der Waals surface area (Å²) in [5.74, 6) is 0.916. The maximum atomic E-state index is 12.5. The van der Waals surface area contributed by atoms with E-state index in [1.165, 1.54) is 11.8 Å². The molecule has 1 aliphatic heterocycles. The Bertz CT molecular complexity index is 783. The number of hydrogen-bond donors (Lipinski definition) is 2. The van der Waals surface area contributed by atoms with Crippen molar-refractivity contribution in [2.45, 2.75) is 37.8 Å². The lowest BCUT2D eigenvalue weighted by atomic mass is 9.86. The molecule has 0 fully saturated rings. The van der Waals surface area contributed by atoms with Crippen LogP contribution >= 0.6 is 11.8 Å². The molecule has 6 heteroatoms. The highest BCUT2D eigenvalue weighted by molar-refractivity contribution is 7.99. The van der Waals surface area contributed by atoms with E-state index in [2.05, 4.69) is 22.2 Å². The van der Waals surface area contributed by atoms with Gasteiger partial charge in [0.2, 0.25) is 5.91 Å². The van der Waals surface area contributed by atoms with Crippen LogP contribution in [-0.2, 0) is 4.79 Å². The molecule has 0 unspecified atom stereocenters. The van der Waals surface area contributed by atoms with Crippen molar-refractivity contribution in [3.8, 4) is 0 Å². The zero-order chi connectivity index (χ0) is 16.4. The number of carbonyl (C=O) groups excluding carboxylic acids is 1. The lowest BCUT2D eigenvalue weighted by Crippen LogP contribution is -2.31. The largest absolute Gasteiger partial charge is 0.310 e. The molecule has 23 heavy (non-hydrogen) atoms. The van der Waals surface area contributed by atoms with Gasteiger partial charge in [-0.1, -0.05) is 48.5 Å². The van der Waals surface area contributed by atoms with Gasteiger partial charge in [0.15, 0.2) is 5.16 Å². The smallest absolute Gasteiger partial charge is 0.257 e. The number of rotatable bonds is 4. The summed E-state index contributed by atoms with van der Waals surface area (Å²) < 4.78 is 0. The van der Waals surface area contributed by atoms with Crippen molar-refractivity contribution >= 4 is 23.5 Å². The van der Waals surface area contributed by atoms with Crippen LogP contribution in [0.1, 0.15) is 42.4 Å². The summed E-state index contributed by atoms with van der Waals surface area (Å²) in [4.78, 5) is 31.9. The Morgan fingerprint density at radius 3 is 2.70 bits per heavy atom. The average molecular weight is 329 g/mol. The van der Waals surface area contributed by atoms with Crippen LogP contribution in [-0.4, -0.2) is 21.6 Å². The van der Waals surface area contributed by atoms with E-state index in [0.717, 1.165) is 23.3 Å². The van der Waals surface area contributed by atoms with Gasteiger partial charge in [0.1, 0.15) is 5.82 Å². The number of H-pyrrole nitrogens is 1. The standard InChI is InChI=1S/C17H19N3O2S/c1-3-8-23-17-19-15-14(16(22)20-17)12(9-13(21)18-15)11-6-4-10(2)5-7-11/h4-7,12H,3,8-9H2,1-2H3,(H2,18,19,20,21,22)/t12-/m0/s1. The first-order chi connectivity index (χ1) is 11.1. The molecule has 2 aromatic rings. The number of hydrogen-bond acceptors (Lipinski definition) is 4. The molecule has 2 N–H and O–H groups in total. The highest BCUT2D eigenvalue weighted by Gasteiger charge is 2.30. The molecule has 0 radical (unpaired) electrons. The van der Waals surface area contributed by atoms with Crippen LogP contribution in [0, 0.1) is 6.92 Å². The number of aromatic nitrogens is 2. The topological polar surface area (TPSA) is 74.8 Å². The molecule has 0 aliphatic carbocycles. The molecule has 0 bridgehead atoms. The van der Waals surface area contributed by atoms with E-state index >= 15 is 0 Å². The number of fused-ring (bicyclic) bond motifs is 1. The highest BCUT2D eigenvalue weighted by Crippen LogP contribution is 2.34. The molecule has 1 atom stereocenters. The van der Waals surface area contributed by atoms with Gasteiger partial charge in [-0.05, 0) is 18.9 Å². The third-order valence-corrected chi connectivity index (χ3v) is 4.93. The Morgan fingerprint density at radius 1 is 1.26 bits per heavy atom. The number of nitrogens with one attached hydrogen (secondary N) is 2. The van der Waals surface area contributed by atoms with Gasteiger partial charge in [-0.25, -0.2) is 4.98 Å². The van der Waals surface area contributed by atoms with Crippen LogP contribution < -0.4 is 10.9 Å². The van der Waals surface area contributed by atoms with Crippen molar-refractivity contribution in [3.63, 3.8) is 0 Å². The second-order valence-electron chi connectivity index (χ2n) is 5.70. The van der Waals surface area contributed by atoms with E-state index in [-0.39, 0.29) is 23.8 Å². The quantitative estimate of drug-likeness (QED) is 0.668. The summed E-state index contributed by atoms with van der Waals surface area (Å²) in [6, 6.07) is 7.94. The molecule has 5 nitrogen and oxygen atoms in total. The van der Waals surface area contributed by atoms with Crippen molar-refractivity contribution < 1.29 is 4.79 Å². The molecule has 1 aliphatic rings. The van der Waals surface area contributed by atoms with Gasteiger partial charge in [-0.2, -0.15) is 0 Å². The van der Waals surface area contributed by atoms with Crippen LogP contribution in [0.15, 0.2) is 34.2 Å². The van der Waals surface area contributed by atoms with E-state index < -0.39 is 0 Å². The van der Waals surface area contributed by atoms with E-state index in [1.54, 1.807) is 0 Å². The average Bonchev–Trinajstić information content (AvgIpc) is 2.52. The second-order valence-corrected chi connectivity index (χ2v) is 6.78. The molecule has 1 aromatic heterocycles. The van der Waals surface area contributed by atoms with Gasteiger partial charge in [-0.3, -0.25) is 9.59 Å². The number of carbonyl (C=O) groups is 1. The normalized spacial score (nSPS) is 16.8. The molecule has 1 amide bonds. The molecule has 0 spiro atoms. The molecular formula is C17H19N3O2S. The minimum Gasteiger partial charge on any atom is -0.310 e. The minimum absolute atomic E-state index is 0.104. The Balaban J connectivity index is 2.05. The van der Waals surface area contributed by atoms with Crippen molar-refractivity contribution in [1.29, 1.82) is 0 Å². The summed E-state index contributed by atoms with van der Waals surface area (Å²) in [7, 11) is 0. The summed E-state index contributed by atoms with van der Waals surface area (Å²) >= 11 is 1.49. The monoisotopic (exact) mass is 329 g/mol. The molecule has 0 saturated heterocycles. The summed E-state index contributed by atoms with van der Waals surface area (Å²) in [6.45, 7) is 4.08. The Morgan fingerprint density at radius 2 is 2.00 bits per heavy atom. The Kier molecular flexibility index (Phi) is 4.52. The number of nitrogens with zero attached hydrogens (tertiary/aromatic N) is 1. The zero-order valence-corrected chi connectivity index (χ0v) is 14.0. The van der Waals surface area contributed by atoms with Gasteiger partial charge in [0, 0.05) is 18.1 Å². The van der Waals surface area contributed by atoms with Crippen LogP contribution in [0.25, 0.3) is 0 Å². The number of anilines is 1. The Hall–Kier alpha value is -2.08. The highest BCUT2D eigenvalue weighted by atomic mass is 32.2. The summed E-state index contributed by atoms with van der Waals surface area (Å²) in [6.07, 6.45) is 1.26. The molecular weight excluding hydrogens is 310 g/mol. The predicted molar refractivity (Wildman–Crippen MR) is 92.1 cm³/mol. The maximum absolute atomic E-state index is 12.5. The predicted octanol–water partition coefficient (Wildman–Crippen LogP) is 3.05. The number of thioether (sulfide) groups is 1. The van der Waals surface area contributed by atoms with Crippen LogP contribution in [0.4, 0.5) is 5.82 Å². The fourth-order valence-electron chi connectivity index (χ4n) is 2.70. The van der Waals surface area contributed by atoms with Gasteiger partial charge < -0.3 is 10.3 Å². The van der Waals surface area contributed by atoms with Crippen molar-refractivity contribution in [1.82, 2.24) is 9.97 Å². The van der Waals surface area contributed by atoms with Gasteiger partial charge in [0.25, 0.3) is 5.56 Å². The summed E-state index contributed by atoms with van der Waals surface area (Å²) in [5, 5.41) is 3.30. The molecule has 0 saturated carbocycles. The van der Waals surface area contributed by atoms with E-state index in [9.17, 15) is 9.59 Å². The first-order valence-electron chi connectivity index (χ1n) is 7.72. The van der Waals surface area contributed by atoms with Crippen molar-refractivity contribution in [2.24, 2.45) is 0 Å². The fraction of sp³-hybridized carbons (Fsp3) is 0.353. The third kappa shape index (κ3) is 3.32. The molecule has 3 rings (SSSR count). The third-order valence-electron chi connectivity index (χ3n) is 3.85. The molecule has 2 heterocycles. The second kappa shape index (κ2) is 6.58. The van der Waals surface area contributed by atoms with Gasteiger partial charge >= 0.3 is 0 Å². The molecule has 1 aromatic carbocycles. The number of aryl methyl sites for hydroxylation is 1. The number of amides is 1.